The van der Waals surface area contributed by atoms with E-state index < -0.39 is 23.4 Å². The third kappa shape index (κ3) is 8.26. The van der Waals surface area contributed by atoms with Crippen molar-refractivity contribution in [3.05, 3.63) is 29.8 Å². The maximum absolute atomic E-state index is 13.0. The van der Waals surface area contributed by atoms with Crippen LogP contribution in [0.1, 0.15) is 60.5 Å². The molecule has 0 spiro atoms. The fraction of sp³-hybridized carbons (Fsp3) is 0.615. The van der Waals surface area contributed by atoms with E-state index in [0.717, 1.165) is 17.0 Å². The quantitative estimate of drug-likeness (QED) is 0.650. The molecule has 0 radical (unpaired) electrons. The van der Waals surface area contributed by atoms with Crippen LogP contribution in [-0.4, -0.2) is 83.9 Å². The molecule has 1 saturated heterocycles. The third-order valence-corrected chi connectivity index (χ3v) is 5.54. The number of hydrazine groups is 1. The number of rotatable bonds is 4. The lowest BCUT2D eigenvalue weighted by Crippen LogP contribution is -2.53. The van der Waals surface area contributed by atoms with Gasteiger partial charge in [-0.05, 0) is 59.2 Å². The number of oxime groups is 1. The molecule has 0 aromatic heterocycles. The Bertz CT molecular complexity index is 974. The molecule has 0 bridgehead atoms. The number of carbonyl (C=O) groups excluding carboxylic acids is 3. The maximum Gasteiger partial charge on any atom is 0.429 e. The predicted octanol–water partition coefficient (Wildman–Crippen LogP) is 3.52. The van der Waals surface area contributed by atoms with E-state index in [1.165, 1.54) is 16.9 Å². The van der Waals surface area contributed by atoms with E-state index in [2.05, 4.69) is 15.4 Å². The van der Waals surface area contributed by atoms with Gasteiger partial charge in [-0.1, -0.05) is 17.3 Å². The first kappa shape index (κ1) is 28.1. The Kier molecular flexibility index (Phi) is 8.55. The summed E-state index contributed by atoms with van der Waals surface area (Å²) in [6, 6.07) is 7.92. The molecule has 1 unspecified atom stereocenters. The van der Waals surface area contributed by atoms with E-state index in [9.17, 15) is 14.4 Å². The van der Waals surface area contributed by atoms with Crippen molar-refractivity contribution in [2.45, 2.75) is 72.2 Å². The van der Waals surface area contributed by atoms with Gasteiger partial charge in [-0.3, -0.25) is 4.79 Å². The number of hydrogen-bond donors (Lipinski definition) is 1. The highest BCUT2D eigenvalue weighted by atomic mass is 16.6. The summed E-state index contributed by atoms with van der Waals surface area (Å²) in [7, 11) is 0. The molecule has 1 fully saturated rings. The summed E-state index contributed by atoms with van der Waals surface area (Å²) in [4.78, 5) is 44.6. The van der Waals surface area contributed by atoms with Gasteiger partial charge < -0.3 is 24.5 Å². The zero-order valence-electron chi connectivity index (χ0n) is 22.9. The second-order valence-electron chi connectivity index (χ2n) is 11.1. The fourth-order valence-electron chi connectivity index (χ4n) is 3.88. The summed E-state index contributed by atoms with van der Waals surface area (Å²) in [5.74, 6) is -0.102. The molecular weight excluding hydrogens is 478 g/mol. The van der Waals surface area contributed by atoms with Gasteiger partial charge in [-0.25, -0.2) is 19.6 Å². The van der Waals surface area contributed by atoms with Crippen LogP contribution in [0.4, 0.5) is 15.3 Å². The van der Waals surface area contributed by atoms with Crippen LogP contribution in [0.5, 0.6) is 0 Å². The zero-order chi connectivity index (χ0) is 27.4. The molecule has 204 valence electrons. The zero-order valence-corrected chi connectivity index (χ0v) is 22.9. The first-order valence-corrected chi connectivity index (χ1v) is 12.6. The van der Waals surface area contributed by atoms with Gasteiger partial charge >= 0.3 is 12.2 Å². The molecule has 3 rings (SSSR count). The Balaban J connectivity index is 1.70. The third-order valence-electron chi connectivity index (χ3n) is 5.54. The molecule has 11 heteroatoms. The summed E-state index contributed by atoms with van der Waals surface area (Å²) in [6.07, 6.45) is -0.756. The lowest BCUT2D eigenvalue weighted by atomic mass is 10.0. The van der Waals surface area contributed by atoms with Crippen molar-refractivity contribution < 1.29 is 28.7 Å². The van der Waals surface area contributed by atoms with Gasteiger partial charge in [-0.2, -0.15) is 0 Å². The molecule has 0 saturated carbocycles. The minimum Gasteiger partial charge on any atom is -0.442 e. The molecule has 2 aliphatic rings. The van der Waals surface area contributed by atoms with E-state index in [0.29, 0.717) is 26.1 Å². The van der Waals surface area contributed by atoms with Gasteiger partial charge in [-0.15, -0.1) is 0 Å². The average Bonchev–Trinajstić information content (AvgIpc) is 3.13. The minimum absolute atomic E-state index is 0.102. The minimum atomic E-state index is -0.702. The largest absolute Gasteiger partial charge is 0.442 e. The Morgan fingerprint density at radius 3 is 1.89 bits per heavy atom. The Hall–Kier alpha value is -3.50. The molecule has 2 aliphatic heterocycles. The van der Waals surface area contributed by atoms with Crippen molar-refractivity contribution >= 4 is 29.5 Å². The molecule has 1 aromatic carbocycles. The van der Waals surface area contributed by atoms with Crippen LogP contribution in [0, 0.1) is 0 Å². The molecular formula is C26H39N5O6. The summed E-state index contributed by atoms with van der Waals surface area (Å²) >= 11 is 0. The summed E-state index contributed by atoms with van der Waals surface area (Å²) in [6.45, 7) is 14.1. The number of benzene rings is 1. The van der Waals surface area contributed by atoms with Gasteiger partial charge in [0.1, 0.15) is 17.3 Å². The number of hydrogen-bond acceptors (Lipinski definition) is 8. The van der Waals surface area contributed by atoms with Crippen molar-refractivity contribution in [1.82, 2.24) is 15.3 Å². The van der Waals surface area contributed by atoms with E-state index in [1.807, 2.05) is 24.3 Å². The average molecular weight is 518 g/mol. The van der Waals surface area contributed by atoms with Gasteiger partial charge in [0.15, 0.2) is 0 Å². The van der Waals surface area contributed by atoms with Gasteiger partial charge in [0.25, 0.3) is 0 Å². The van der Waals surface area contributed by atoms with Crippen LogP contribution in [0.25, 0.3) is 0 Å². The van der Waals surface area contributed by atoms with E-state index in [4.69, 9.17) is 14.3 Å². The molecule has 3 amide bonds. The van der Waals surface area contributed by atoms with Crippen molar-refractivity contribution in [2.24, 2.45) is 5.16 Å². The fourth-order valence-corrected chi connectivity index (χ4v) is 3.88. The lowest BCUT2D eigenvalue weighted by Gasteiger charge is -2.35. The Labute approximate surface area is 218 Å². The van der Waals surface area contributed by atoms with E-state index in [1.54, 1.807) is 41.5 Å². The smallest absolute Gasteiger partial charge is 0.429 e. The van der Waals surface area contributed by atoms with Crippen molar-refractivity contribution in [3.63, 3.8) is 0 Å². The Morgan fingerprint density at radius 1 is 0.919 bits per heavy atom. The monoisotopic (exact) mass is 517 g/mol. The van der Waals surface area contributed by atoms with Crippen LogP contribution >= 0.6 is 0 Å². The molecule has 37 heavy (non-hydrogen) atoms. The topological polar surface area (TPSA) is 113 Å². The van der Waals surface area contributed by atoms with E-state index in [-0.39, 0.29) is 25.1 Å². The Morgan fingerprint density at radius 2 is 1.43 bits per heavy atom. The second kappa shape index (κ2) is 11.3. The SMILES string of the molecule is CC(=O)NCC1CC(c2ccc(N3CCN(C(=O)OC(C)(C)C)N(C(=O)OC(C)(C)C)CC3)cc2)=NO1. The molecule has 2 heterocycles. The molecule has 11 nitrogen and oxygen atoms in total. The van der Waals surface area contributed by atoms with Gasteiger partial charge in [0.2, 0.25) is 5.91 Å². The number of amides is 3. The van der Waals surface area contributed by atoms with Crippen LogP contribution in [0.3, 0.4) is 0 Å². The van der Waals surface area contributed by atoms with E-state index >= 15 is 0 Å². The molecule has 1 atom stereocenters. The molecule has 1 N–H and O–H groups in total. The normalized spacial score (nSPS) is 18.5. The summed E-state index contributed by atoms with van der Waals surface area (Å²) in [5, 5.41) is 9.58. The number of ether oxygens (including phenoxy) is 2. The highest BCUT2D eigenvalue weighted by molar-refractivity contribution is 6.01. The maximum atomic E-state index is 13.0. The van der Waals surface area contributed by atoms with Crippen LogP contribution < -0.4 is 10.2 Å². The number of carbonyl (C=O) groups is 3. The number of nitrogens with zero attached hydrogens (tertiary/aromatic N) is 4. The number of nitrogens with one attached hydrogen (secondary N) is 1. The lowest BCUT2D eigenvalue weighted by molar-refractivity contribution is -0.119. The predicted molar refractivity (Wildman–Crippen MR) is 139 cm³/mol. The van der Waals surface area contributed by atoms with Crippen molar-refractivity contribution in [1.29, 1.82) is 0 Å². The summed E-state index contributed by atoms with van der Waals surface area (Å²) in [5.41, 5.74) is 1.31. The number of anilines is 1. The standard InChI is InChI=1S/C26H39N5O6/c1-18(32)27-17-21-16-22(28-37-21)19-8-10-20(11-9-19)29-12-14-30(23(33)35-25(2,3)4)31(15-13-29)24(34)36-26(5,6)7/h8-11,21H,12-17H2,1-7H3,(H,27,32). The van der Waals surface area contributed by atoms with Gasteiger partial charge in [0.05, 0.1) is 25.3 Å². The van der Waals surface area contributed by atoms with Gasteiger partial charge in [0, 0.05) is 32.1 Å². The summed E-state index contributed by atoms with van der Waals surface area (Å²) < 4.78 is 11.1. The first-order valence-electron chi connectivity index (χ1n) is 12.6. The highest BCUT2D eigenvalue weighted by Crippen LogP contribution is 2.23. The van der Waals surface area contributed by atoms with Crippen molar-refractivity contribution in [3.8, 4) is 0 Å². The first-order chi connectivity index (χ1) is 17.2. The molecule has 1 aromatic rings. The second-order valence-corrected chi connectivity index (χ2v) is 11.1. The van der Waals surface area contributed by atoms with Crippen LogP contribution in [0.2, 0.25) is 0 Å². The van der Waals surface area contributed by atoms with Crippen LogP contribution in [0.15, 0.2) is 29.4 Å². The molecule has 0 aliphatic carbocycles. The highest BCUT2D eigenvalue weighted by Gasteiger charge is 2.35. The van der Waals surface area contributed by atoms with Crippen molar-refractivity contribution in [2.75, 3.05) is 37.6 Å². The van der Waals surface area contributed by atoms with Crippen LogP contribution in [-0.2, 0) is 19.1 Å².